The molecule has 1 amide bonds. The molecule has 8 heteroatoms. The normalized spacial score (nSPS) is 17.1. The Morgan fingerprint density at radius 1 is 1.41 bits per heavy atom. The number of carbonyl (C=O) groups excluding carboxylic acids is 1. The number of amides is 1. The molecule has 1 saturated heterocycles. The predicted octanol–water partition coefficient (Wildman–Crippen LogP) is 4.21. The van der Waals surface area contributed by atoms with Gasteiger partial charge in [-0.25, -0.2) is 9.97 Å². The number of aromatic nitrogens is 2. The van der Waals surface area contributed by atoms with Crippen LogP contribution in [0.2, 0.25) is 5.02 Å². The first-order chi connectivity index (χ1) is 13.1. The molecule has 1 fully saturated rings. The van der Waals surface area contributed by atoms with E-state index >= 15 is 0 Å². The third-order valence-corrected chi connectivity index (χ3v) is 5.97. The van der Waals surface area contributed by atoms with Crippen molar-refractivity contribution in [3.8, 4) is 5.75 Å². The second-order valence-electron chi connectivity index (χ2n) is 6.45. The first-order valence-electron chi connectivity index (χ1n) is 8.75. The van der Waals surface area contributed by atoms with Crippen LogP contribution in [-0.2, 0) is 4.79 Å². The predicted molar refractivity (Wildman–Crippen MR) is 109 cm³/mol. The number of rotatable bonds is 4. The Bertz CT molecular complexity index is 944. The fourth-order valence-corrected chi connectivity index (χ4v) is 4.45. The summed E-state index contributed by atoms with van der Waals surface area (Å²) >= 11 is 7.71. The summed E-state index contributed by atoms with van der Waals surface area (Å²) < 4.78 is 5.15. The van der Waals surface area contributed by atoms with Crippen molar-refractivity contribution < 1.29 is 9.53 Å². The number of carbonyl (C=O) groups is 1. The third kappa shape index (κ3) is 3.84. The lowest BCUT2D eigenvalue weighted by molar-refractivity contribution is -0.120. The van der Waals surface area contributed by atoms with E-state index in [0.717, 1.165) is 34.9 Å². The summed E-state index contributed by atoms with van der Waals surface area (Å²) in [4.78, 5) is 24.9. The van der Waals surface area contributed by atoms with E-state index in [1.54, 1.807) is 42.8 Å². The molecule has 0 aliphatic carbocycles. The van der Waals surface area contributed by atoms with Gasteiger partial charge in [0.05, 0.1) is 18.1 Å². The SMILES string of the molecule is COc1ccc(NC(=O)[C@H]2CCCN(c3nc4cccnc4s3)C2)cc1Cl. The van der Waals surface area contributed by atoms with Crippen LogP contribution in [0.3, 0.4) is 0 Å². The molecule has 27 heavy (non-hydrogen) atoms. The standard InChI is InChI=1S/C19H19ClN4O2S/c1-26-16-7-6-13(10-14(16)20)22-17(25)12-4-3-9-24(11-12)19-23-15-5-2-8-21-18(15)27-19/h2,5-8,10,12H,3-4,9,11H2,1H3,(H,22,25)/t12-/m0/s1. The number of fused-ring (bicyclic) bond motifs is 1. The highest BCUT2D eigenvalue weighted by Gasteiger charge is 2.27. The van der Waals surface area contributed by atoms with Gasteiger partial charge < -0.3 is 15.0 Å². The van der Waals surface area contributed by atoms with Crippen LogP contribution in [0.15, 0.2) is 36.5 Å². The zero-order chi connectivity index (χ0) is 18.8. The summed E-state index contributed by atoms with van der Waals surface area (Å²) in [5, 5.41) is 4.37. The molecule has 3 aromatic rings. The zero-order valence-corrected chi connectivity index (χ0v) is 16.4. The average molecular weight is 403 g/mol. The van der Waals surface area contributed by atoms with Gasteiger partial charge in [0.25, 0.3) is 0 Å². The fraction of sp³-hybridized carbons (Fsp3) is 0.316. The molecule has 0 unspecified atom stereocenters. The number of thiazole rings is 1. The lowest BCUT2D eigenvalue weighted by Crippen LogP contribution is -2.40. The van der Waals surface area contributed by atoms with E-state index in [1.165, 1.54) is 0 Å². The number of halogens is 1. The van der Waals surface area contributed by atoms with Crippen LogP contribution in [0.5, 0.6) is 5.75 Å². The van der Waals surface area contributed by atoms with Crippen molar-refractivity contribution in [1.82, 2.24) is 9.97 Å². The maximum Gasteiger partial charge on any atom is 0.229 e. The molecule has 6 nitrogen and oxygen atoms in total. The molecular weight excluding hydrogens is 384 g/mol. The molecule has 0 saturated carbocycles. The van der Waals surface area contributed by atoms with E-state index in [2.05, 4.69) is 20.2 Å². The number of methoxy groups -OCH3 is 1. The molecule has 1 aliphatic rings. The number of anilines is 2. The lowest BCUT2D eigenvalue weighted by Gasteiger charge is -2.31. The van der Waals surface area contributed by atoms with Gasteiger partial charge in [-0.2, -0.15) is 0 Å². The molecule has 1 aliphatic heterocycles. The Balaban J connectivity index is 1.45. The first-order valence-corrected chi connectivity index (χ1v) is 9.94. The Labute approximate surface area is 166 Å². The van der Waals surface area contributed by atoms with E-state index in [-0.39, 0.29) is 11.8 Å². The van der Waals surface area contributed by atoms with Gasteiger partial charge in [0, 0.05) is 25.0 Å². The van der Waals surface area contributed by atoms with Crippen LogP contribution in [0.4, 0.5) is 10.8 Å². The van der Waals surface area contributed by atoms with Crippen molar-refractivity contribution in [2.75, 3.05) is 30.4 Å². The molecule has 140 valence electrons. The Morgan fingerprint density at radius 3 is 3.07 bits per heavy atom. The van der Waals surface area contributed by atoms with E-state index in [9.17, 15) is 4.79 Å². The van der Waals surface area contributed by atoms with Gasteiger partial charge >= 0.3 is 0 Å². The molecule has 1 atom stereocenters. The van der Waals surface area contributed by atoms with E-state index < -0.39 is 0 Å². The second kappa shape index (κ2) is 7.70. The molecule has 3 heterocycles. The molecular formula is C19H19ClN4O2S. The largest absolute Gasteiger partial charge is 0.495 e. The lowest BCUT2D eigenvalue weighted by atomic mass is 9.97. The fourth-order valence-electron chi connectivity index (χ4n) is 3.25. The number of hydrogen-bond acceptors (Lipinski definition) is 6. The number of benzene rings is 1. The van der Waals surface area contributed by atoms with Gasteiger partial charge in [0.2, 0.25) is 5.91 Å². The van der Waals surface area contributed by atoms with Crippen LogP contribution in [-0.4, -0.2) is 36.1 Å². The average Bonchev–Trinajstić information content (AvgIpc) is 3.12. The smallest absolute Gasteiger partial charge is 0.229 e. The van der Waals surface area contributed by atoms with Crippen LogP contribution in [0, 0.1) is 5.92 Å². The highest BCUT2D eigenvalue weighted by Crippen LogP contribution is 2.31. The molecule has 1 aromatic carbocycles. The number of nitrogens with one attached hydrogen (secondary N) is 1. The Kier molecular flexibility index (Phi) is 5.13. The number of nitrogens with zero attached hydrogens (tertiary/aromatic N) is 3. The third-order valence-electron chi connectivity index (χ3n) is 4.64. The zero-order valence-electron chi connectivity index (χ0n) is 14.8. The van der Waals surface area contributed by atoms with Gasteiger partial charge in [-0.05, 0) is 43.2 Å². The van der Waals surface area contributed by atoms with Gasteiger partial charge in [-0.15, -0.1) is 0 Å². The van der Waals surface area contributed by atoms with E-state index in [4.69, 9.17) is 16.3 Å². The molecule has 1 N–H and O–H groups in total. The van der Waals surface area contributed by atoms with E-state index in [0.29, 0.717) is 23.0 Å². The maximum atomic E-state index is 12.7. The Morgan fingerprint density at radius 2 is 2.30 bits per heavy atom. The minimum Gasteiger partial charge on any atom is -0.495 e. The summed E-state index contributed by atoms with van der Waals surface area (Å²) in [6, 6.07) is 9.10. The van der Waals surface area contributed by atoms with Crippen molar-refractivity contribution in [1.29, 1.82) is 0 Å². The van der Waals surface area contributed by atoms with Crippen molar-refractivity contribution in [3.05, 3.63) is 41.6 Å². The topological polar surface area (TPSA) is 67.3 Å². The summed E-state index contributed by atoms with van der Waals surface area (Å²) in [6.07, 6.45) is 3.58. The molecule has 2 aromatic heterocycles. The van der Waals surface area contributed by atoms with Gasteiger partial charge in [0.15, 0.2) is 5.13 Å². The monoisotopic (exact) mass is 402 g/mol. The minimum absolute atomic E-state index is 0.000157. The molecule has 0 bridgehead atoms. The summed E-state index contributed by atoms with van der Waals surface area (Å²) in [7, 11) is 1.56. The van der Waals surface area contributed by atoms with Gasteiger partial charge in [-0.1, -0.05) is 22.9 Å². The molecule has 0 radical (unpaired) electrons. The van der Waals surface area contributed by atoms with Crippen LogP contribution < -0.4 is 15.0 Å². The van der Waals surface area contributed by atoms with Crippen molar-refractivity contribution in [2.45, 2.75) is 12.8 Å². The van der Waals surface area contributed by atoms with Gasteiger partial charge in [0.1, 0.15) is 16.1 Å². The van der Waals surface area contributed by atoms with Crippen LogP contribution in [0.1, 0.15) is 12.8 Å². The quantitative estimate of drug-likeness (QED) is 0.708. The van der Waals surface area contributed by atoms with Crippen molar-refractivity contribution in [3.63, 3.8) is 0 Å². The number of ether oxygens (including phenoxy) is 1. The number of pyridine rings is 1. The van der Waals surface area contributed by atoms with E-state index in [1.807, 2.05) is 12.1 Å². The van der Waals surface area contributed by atoms with Crippen LogP contribution >= 0.6 is 22.9 Å². The van der Waals surface area contributed by atoms with Crippen molar-refractivity contribution in [2.24, 2.45) is 5.92 Å². The summed E-state index contributed by atoms with van der Waals surface area (Å²) in [6.45, 7) is 1.55. The minimum atomic E-state index is -0.0976. The first kappa shape index (κ1) is 18.0. The Hall–Kier alpha value is -2.38. The number of hydrogen-bond donors (Lipinski definition) is 1. The highest BCUT2D eigenvalue weighted by molar-refractivity contribution is 7.21. The molecule has 0 spiro atoms. The van der Waals surface area contributed by atoms with Gasteiger partial charge in [-0.3, -0.25) is 4.79 Å². The highest BCUT2D eigenvalue weighted by atomic mass is 35.5. The van der Waals surface area contributed by atoms with Crippen LogP contribution in [0.25, 0.3) is 10.3 Å². The summed E-state index contributed by atoms with van der Waals surface area (Å²) in [5.74, 6) is 0.489. The summed E-state index contributed by atoms with van der Waals surface area (Å²) in [5.41, 5.74) is 1.57. The molecule has 4 rings (SSSR count). The van der Waals surface area contributed by atoms with Crippen molar-refractivity contribution >= 4 is 50.0 Å². The maximum absolute atomic E-state index is 12.7. The number of piperidine rings is 1. The second-order valence-corrected chi connectivity index (χ2v) is 7.81.